The Bertz CT molecular complexity index is 443. The predicted molar refractivity (Wildman–Crippen MR) is 50.9 cm³/mol. The molecule has 0 radical (unpaired) electrons. The summed E-state index contributed by atoms with van der Waals surface area (Å²) in [6.07, 6.45) is 0. The first-order valence-electron chi connectivity index (χ1n) is 4.54. The molecule has 1 aromatic carbocycles. The first-order chi connectivity index (χ1) is 7.65. The van der Waals surface area contributed by atoms with Gasteiger partial charge in [-0.1, -0.05) is 0 Å². The van der Waals surface area contributed by atoms with Crippen LogP contribution in [-0.2, 0) is 0 Å². The van der Waals surface area contributed by atoms with Gasteiger partial charge < -0.3 is 19.3 Å². The number of rotatable bonds is 2. The van der Waals surface area contributed by atoms with E-state index in [-0.39, 0.29) is 36.0 Å². The molecule has 2 rings (SSSR count). The van der Waals surface area contributed by atoms with Crippen LogP contribution in [0.5, 0.6) is 17.2 Å². The molecule has 0 spiro atoms. The van der Waals surface area contributed by atoms with Crippen molar-refractivity contribution < 1.29 is 28.5 Å². The predicted octanol–water partition coefficient (Wildman–Crippen LogP) is 1.30. The molecule has 1 N–H and O–H groups in total. The van der Waals surface area contributed by atoms with Crippen molar-refractivity contribution in [1.82, 2.24) is 0 Å². The van der Waals surface area contributed by atoms with Crippen molar-refractivity contribution in [3.8, 4) is 17.2 Å². The Balaban J connectivity index is 2.68. The minimum absolute atomic E-state index is 0.0111. The lowest BCUT2D eigenvalue weighted by molar-refractivity contribution is 0.0680. The highest BCUT2D eigenvalue weighted by atomic mass is 19.1. The Morgan fingerprint density at radius 3 is 2.81 bits per heavy atom. The quantitative estimate of drug-likeness (QED) is 0.826. The molecular formula is C10H9FO5. The lowest BCUT2D eigenvalue weighted by atomic mass is 10.1. The monoisotopic (exact) mass is 228 g/mol. The smallest absolute Gasteiger partial charge is 0.343 e. The van der Waals surface area contributed by atoms with Gasteiger partial charge in [-0.2, -0.15) is 0 Å². The van der Waals surface area contributed by atoms with Crippen molar-refractivity contribution in [2.45, 2.75) is 0 Å². The molecule has 6 heteroatoms. The van der Waals surface area contributed by atoms with E-state index in [0.717, 1.165) is 6.07 Å². The standard InChI is InChI=1S/C10H9FO5/c1-14-8-5(11)4-6-9(7(8)10(12)13)16-3-2-15-6/h4H,2-3H2,1H3,(H,12,13). The zero-order valence-electron chi connectivity index (χ0n) is 8.45. The minimum atomic E-state index is -1.32. The van der Waals surface area contributed by atoms with Crippen LogP contribution in [0.2, 0.25) is 0 Å². The molecule has 86 valence electrons. The van der Waals surface area contributed by atoms with Gasteiger partial charge in [-0.3, -0.25) is 0 Å². The van der Waals surface area contributed by atoms with Crippen LogP contribution in [-0.4, -0.2) is 31.4 Å². The van der Waals surface area contributed by atoms with Crippen molar-refractivity contribution >= 4 is 5.97 Å². The summed E-state index contributed by atoms with van der Waals surface area (Å²) in [6, 6.07) is 1.06. The van der Waals surface area contributed by atoms with Crippen molar-refractivity contribution in [2.75, 3.05) is 20.3 Å². The number of benzene rings is 1. The van der Waals surface area contributed by atoms with E-state index in [1.807, 2.05) is 0 Å². The number of methoxy groups -OCH3 is 1. The number of hydrogen-bond donors (Lipinski definition) is 1. The fourth-order valence-electron chi connectivity index (χ4n) is 1.53. The first kappa shape index (κ1) is 10.5. The molecule has 5 nitrogen and oxygen atoms in total. The number of hydrogen-bond acceptors (Lipinski definition) is 4. The number of carboxylic acids is 1. The Hall–Kier alpha value is -1.98. The largest absolute Gasteiger partial charge is 0.493 e. The second-order valence-electron chi connectivity index (χ2n) is 3.10. The summed E-state index contributed by atoms with van der Waals surface area (Å²) < 4.78 is 28.5. The number of fused-ring (bicyclic) bond motifs is 1. The third-order valence-corrected chi connectivity index (χ3v) is 2.16. The summed E-state index contributed by atoms with van der Waals surface area (Å²) in [5.74, 6) is -2.36. The van der Waals surface area contributed by atoms with Crippen LogP contribution in [0.4, 0.5) is 4.39 Å². The number of ether oxygens (including phenoxy) is 3. The van der Waals surface area contributed by atoms with Gasteiger partial charge in [0.25, 0.3) is 0 Å². The van der Waals surface area contributed by atoms with E-state index >= 15 is 0 Å². The van der Waals surface area contributed by atoms with Crippen LogP contribution in [0.15, 0.2) is 6.07 Å². The van der Waals surface area contributed by atoms with E-state index in [9.17, 15) is 9.18 Å². The SMILES string of the molecule is COc1c(F)cc2c(c1C(=O)O)OCCO2. The van der Waals surface area contributed by atoms with Crippen molar-refractivity contribution in [3.63, 3.8) is 0 Å². The summed E-state index contributed by atoms with van der Waals surface area (Å²) in [6.45, 7) is 0.486. The lowest BCUT2D eigenvalue weighted by Crippen LogP contribution is -2.19. The van der Waals surface area contributed by atoms with E-state index in [1.54, 1.807) is 0 Å². The second kappa shape index (κ2) is 3.88. The highest BCUT2D eigenvalue weighted by Gasteiger charge is 2.28. The lowest BCUT2D eigenvalue weighted by Gasteiger charge is -2.21. The van der Waals surface area contributed by atoms with Crippen LogP contribution in [0.1, 0.15) is 10.4 Å². The third kappa shape index (κ3) is 1.52. The maximum atomic E-state index is 13.5. The van der Waals surface area contributed by atoms with Gasteiger partial charge in [0.15, 0.2) is 28.6 Å². The van der Waals surface area contributed by atoms with Crippen LogP contribution < -0.4 is 14.2 Å². The van der Waals surface area contributed by atoms with Gasteiger partial charge in [-0.15, -0.1) is 0 Å². The molecule has 0 aliphatic carbocycles. The summed E-state index contributed by atoms with van der Waals surface area (Å²) >= 11 is 0. The summed E-state index contributed by atoms with van der Waals surface area (Å²) in [5, 5.41) is 8.99. The average Bonchev–Trinajstić information content (AvgIpc) is 2.26. The molecular weight excluding hydrogens is 219 g/mol. The van der Waals surface area contributed by atoms with Gasteiger partial charge in [0.05, 0.1) is 7.11 Å². The first-order valence-corrected chi connectivity index (χ1v) is 4.54. The topological polar surface area (TPSA) is 65.0 Å². The molecule has 0 aromatic heterocycles. The summed E-state index contributed by atoms with van der Waals surface area (Å²) in [5.41, 5.74) is -0.350. The Labute approximate surface area is 90.3 Å². The molecule has 0 saturated carbocycles. The fourth-order valence-corrected chi connectivity index (χ4v) is 1.53. The van der Waals surface area contributed by atoms with Crippen molar-refractivity contribution in [2.24, 2.45) is 0 Å². The fraction of sp³-hybridized carbons (Fsp3) is 0.300. The Morgan fingerprint density at radius 1 is 1.50 bits per heavy atom. The van der Waals surface area contributed by atoms with E-state index in [2.05, 4.69) is 0 Å². The molecule has 0 bridgehead atoms. The van der Waals surface area contributed by atoms with Gasteiger partial charge in [-0.05, 0) is 0 Å². The molecule has 0 atom stereocenters. The zero-order chi connectivity index (χ0) is 11.7. The average molecular weight is 228 g/mol. The van der Waals surface area contributed by atoms with E-state index in [4.69, 9.17) is 19.3 Å². The third-order valence-electron chi connectivity index (χ3n) is 2.16. The zero-order valence-corrected chi connectivity index (χ0v) is 8.45. The molecule has 0 amide bonds. The highest BCUT2D eigenvalue weighted by Crippen LogP contribution is 2.41. The second-order valence-corrected chi connectivity index (χ2v) is 3.10. The number of carboxylic acid groups (broad SMARTS) is 1. The summed E-state index contributed by atoms with van der Waals surface area (Å²) in [4.78, 5) is 11.0. The maximum Gasteiger partial charge on any atom is 0.343 e. The Kier molecular flexibility index (Phi) is 2.55. The van der Waals surface area contributed by atoms with Gasteiger partial charge in [0.2, 0.25) is 0 Å². The van der Waals surface area contributed by atoms with Crippen LogP contribution in [0.25, 0.3) is 0 Å². The maximum absolute atomic E-state index is 13.5. The van der Waals surface area contributed by atoms with Gasteiger partial charge in [0, 0.05) is 6.07 Å². The molecule has 0 fully saturated rings. The summed E-state index contributed by atoms with van der Waals surface area (Å²) in [7, 11) is 1.20. The molecule has 1 aliphatic heterocycles. The number of halogens is 1. The molecule has 16 heavy (non-hydrogen) atoms. The number of aromatic carboxylic acids is 1. The van der Waals surface area contributed by atoms with Crippen LogP contribution in [0, 0.1) is 5.82 Å². The van der Waals surface area contributed by atoms with Gasteiger partial charge in [-0.25, -0.2) is 9.18 Å². The molecule has 1 aliphatic rings. The van der Waals surface area contributed by atoms with Crippen molar-refractivity contribution in [1.29, 1.82) is 0 Å². The van der Waals surface area contributed by atoms with Gasteiger partial charge >= 0.3 is 5.97 Å². The Morgan fingerprint density at radius 2 is 2.19 bits per heavy atom. The van der Waals surface area contributed by atoms with Gasteiger partial charge in [0.1, 0.15) is 13.2 Å². The van der Waals surface area contributed by atoms with E-state index in [0.29, 0.717) is 0 Å². The van der Waals surface area contributed by atoms with Crippen LogP contribution >= 0.6 is 0 Å². The molecule has 1 aromatic rings. The molecule has 0 saturated heterocycles. The number of carbonyl (C=O) groups is 1. The molecule has 1 heterocycles. The normalized spacial score (nSPS) is 13.4. The minimum Gasteiger partial charge on any atom is -0.493 e. The molecule has 0 unspecified atom stereocenters. The van der Waals surface area contributed by atoms with Crippen LogP contribution in [0.3, 0.4) is 0 Å². The van der Waals surface area contributed by atoms with E-state index in [1.165, 1.54) is 7.11 Å². The van der Waals surface area contributed by atoms with Crippen molar-refractivity contribution in [3.05, 3.63) is 17.4 Å². The van der Waals surface area contributed by atoms with E-state index < -0.39 is 11.8 Å². The highest BCUT2D eigenvalue weighted by molar-refractivity contribution is 5.95.